The molecule has 0 aromatic heterocycles. The predicted molar refractivity (Wildman–Crippen MR) is 40.2 cm³/mol. The van der Waals surface area contributed by atoms with Crippen LogP contribution < -0.4 is 5.73 Å². The number of allylic oxidation sites excluding steroid dienone is 1. The lowest BCUT2D eigenvalue weighted by Crippen LogP contribution is -2.10. The molecule has 0 fully saturated rings. The van der Waals surface area contributed by atoms with Gasteiger partial charge in [-0.1, -0.05) is 18.6 Å². The van der Waals surface area contributed by atoms with Gasteiger partial charge in [0.15, 0.2) is 0 Å². The maximum absolute atomic E-state index is 5.50. The Kier molecular flexibility index (Phi) is 2.29. The fraction of sp³-hybridized carbons (Fsp3) is 0.750. The first-order chi connectivity index (χ1) is 4.33. The van der Waals surface area contributed by atoms with Crippen LogP contribution in [0.2, 0.25) is 0 Å². The second kappa shape index (κ2) is 3.02. The van der Waals surface area contributed by atoms with Crippen LogP contribution in [0.15, 0.2) is 11.6 Å². The van der Waals surface area contributed by atoms with Crippen molar-refractivity contribution in [2.24, 2.45) is 11.7 Å². The van der Waals surface area contributed by atoms with Gasteiger partial charge in [-0.05, 0) is 25.2 Å². The summed E-state index contributed by atoms with van der Waals surface area (Å²) in [4.78, 5) is 0. The lowest BCUT2D eigenvalue weighted by Gasteiger charge is -2.17. The summed E-state index contributed by atoms with van der Waals surface area (Å²) in [7, 11) is 0. The maximum Gasteiger partial charge on any atom is 0.0136 e. The summed E-state index contributed by atoms with van der Waals surface area (Å²) >= 11 is 0. The Labute approximate surface area is 56.9 Å². The van der Waals surface area contributed by atoms with Gasteiger partial charge in [0.2, 0.25) is 0 Å². The minimum atomic E-state index is 0.768. The van der Waals surface area contributed by atoms with E-state index in [0.29, 0.717) is 0 Å². The van der Waals surface area contributed by atoms with E-state index in [1.165, 1.54) is 24.8 Å². The van der Waals surface area contributed by atoms with Crippen LogP contribution in [-0.2, 0) is 0 Å². The standard InChI is InChI=1S/C8H15N/c1-7-3-2-4-8(5-7)6-9/h4,7H,2-3,5-6,9H2,1H3. The number of rotatable bonds is 1. The molecule has 0 aromatic carbocycles. The smallest absolute Gasteiger partial charge is 0.0136 e. The Bertz CT molecular complexity index is 116. The summed E-state index contributed by atoms with van der Waals surface area (Å²) in [5, 5.41) is 0. The van der Waals surface area contributed by atoms with E-state index in [9.17, 15) is 0 Å². The normalized spacial score (nSPS) is 27.8. The van der Waals surface area contributed by atoms with Crippen molar-refractivity contribution in [3.8, 4) is 0 Å². The van der Waals surface area contributed by atoms with Crippen molar-refractivity contribution in [1.82, 2.24) is 0 Å². The Hall–Kier alpha value is -0.300. The molecule has 0 heterocycles. The molecule has 1 nitrogen and oxygen atoms in total. The zero-order valence-electron chi connectivity index (χ0n) is 6.06. The van der Waals surface area contributed by atoms with Gasteiger partial charge in [0.05, 0.1) is 0 Å². The van der Waals surface area contributed by atoms with Crippen LogP contribution in [0.3, 0.4) is 0 Å². The van der Waals surface area contributed by atoms with Crippen LogP contribution in [0.4, 0.5) is 0 Å². The summed E-state index contributed by atoms with van der Waals surface area (Å²) in [6.07, 6.45) is 6.12. The van der Waals surface area contributed by atoms with Gasteiger partial charge in [0, 0.05) is 6.54 Å². The van der Waals surface area contributed by atoms with Crippen molar-refractivity contribution in [2.45, 2.75) is 26.2 Å². The third-order valence-electron chi connectivity index (χ3n) is 1.97. The second-order valence-corrected chi connectivity index (χ2v) is 2.95. The van der Waals surface area contributed by atoms with Gasteiger partial charge in [0.1, 0.15) is 0 Å². The van der Waals surface area contributed by atoms with Gasteiger partial charge in [-0.3, -0.25) is 0 Å². The zero-order chi connectivity index (χ0) is 6.69. The molecule has 0 saturated carbocycles. The first kappa shape index (κ1) is 6.81. The molecule has 1 unspecified atom stereocenters. The van der Waals surface area contributed by atoms with Crippen LogP contribution in [0.1, 0.15) is 26.2 Å². The van der Waals surface area contributed by atoms with E-state index in [2.05, 4.69) is 13.0 Å². The number of nitrogens with two attached hydrogens (primary N) is 1. The van der Waals surface area contributed by atoms with Crippen LogP contribution in [0.25, 0.3) is 0 Å². The van der Waals surface area contributed by atoms with Gasteiger partial charge in [-0.25, -0.2) is 0 Å². The average Bonchev–Trinajstić information content (AvgIpc) is 1.88. The largest absolute Gasteiger partial charge is 0.327 e. The van der Waals surface area contributed by atoms with E-state index in [0.717, 1.165) is 12.5 Å². The predicted octanol–water partition coefficient (Wildman–Crippen LogP) is 1.69. The fourth-order valence-electron chi connectivity index (χ4n) is 1.37. The topological polar surface area (TPSA) is 26.0 Å². The highest BCUT2D eigenvalue weighted by Crippen LogP contribution is 2.21. The number of hydrogen-bond donors (Lipinski definition) is 1. The van der Waals surface area contributed by atoms with Crippen LogP contribution >= 0.6 is 0 Å². The maximum atomic E-state index is 5.50. The minimum absolute atomic E-state index is 0.768. The third-order valence-corrected chi connectivity index (χ3v) is 1.97. The van der Waals surface area contributed by atoms with Crippen molar-refractivity contribution in [2.75, 3.05) is 6.54 Å². The average molecular weight is 125 g/mol. The van der Waals surface area contributed by atoms with Crippen LogP contribution in [-0.4, -0.2) is 6.54 Å². The molecule has 2 N–H and O–H groups in total. The van der Waals surface area contributed by atoms with E-state index >= 15 is 0 Å². The molecule has 1 aliphatic carbocycles. The summed E-state index contributed by atoms with van der Waals surface area (Å²) < 4.78 is 0. The Morgan fingerprint density at radius 1 is 1.78 bits per heavy atom. The molecule has 0 radical (unpaired) electrons. The molecule has 1 heteroatoms. The number of hydrogen-bond acceptors (Lipinski definition) is 1. The Morgan fingerprint density at radius 2 is 2.56 bits per heavy atom. The van der Waals surface area contributed by atoms with E-state index < -0.39 is 0 Å². The van der Waals surface area contributed by atoms with Crippen molar-refractivity contribution >= 4 is 0 Å². The van der Waals surface area contributed by atoms with Gasteiger partial charge >= 0.3 is 0 Å². The molecule has 1 aliphatic rings. The molecule has 0 amide bonds. The zero-order valence-corrected chi connectivity index (χ0v) is 6.06. The fourth-order valence-corrected chi connectivity index (χ4v) is 1.37. The molecular formula is C8H15N. The van der Waals surface area contributed by atoms with Gasteiger partial charge < -0.3 is 5.73 Å². The van der Waals surface area contributed by atoms with Gasteiger partial charge in [0.25, 0.3) is 0 Å². The summed E-state index contributed by atoms with van der Waals surface area (Å²) in [6, 6.07) is 0. The van der Waals surface area contributed by atoms with Crippen molar-refractivity contribution in [3.63, 3.8) is 0 Å². The van der Waals surface area contributed by atoms with Gasteiger partial charge in [-0.2, -0.15) is 0 Å². The van der Waals surface area contributed by atoms with E-state index in [1.807, 2.05) is 0 Å². The quantitative estimate of drug-likeness (QED) is 0.530. The van der Waals surface area contributed by atoms with Crippen molar-refractivity contribution in [1.29, 1.82) is 0 Å². The molecular weight excluding hydrogens is 110 g/mol. The molecule has 0 bridgehead atoms. The Balaban J connectivity index is 2.43. The monoisotopic (exact) mass is 125 g/mol. The SMILES string of the molecule is CC1CCC=C(CN)C1. The minimum Gasteiger partial charge on any atom is -0.327 e. The highest BCUT2D eigenvalue weighted by atomic mass is 14.5. The lowest BCUT2D eigenvalue weighted by atomic mass is 9.90. The molecule has 0 saturated heterocycles. The molecule has 1 rings (SSSR count). The molecule has 0 aromatic rings. The lowest BCUT2D eigenvalue weighted by molar-refractivity contribution is 0.506. The van der Waals surface area contributed by atoms with Gasteiger partial charge in [-0.15, -0.1) is 0 Å². The molecule has 0 aliphatic heterocycles. The van der Waals surface area contributed by atoms with E-state index in [1.54, 1.807) is 0 Å². The third kappa shape index (κ3) is 1.83. The highest BCUT2D eigenvalue weighted by Gasteiger charge is 2.08. The van der Waals surface area contributed by atoms with Crippen LogP contribution in [0.5, 0.6) is 0 Å². The first-order valence-electron chi connectivity index (χ1n) is 3.71. The summed E-state index contributed by atoms with van der Waals surface area (Å²) in [5.41, 5.74) is 6.95. The first-order valence-corrected chi connectivity index (χ1v) is 3.71. The highest BCUT2D eigenvalue weighted by molar-refractivity contribution is 5.07. The summed E-state index contributed by atoms with van der Waals surface area (Å²) in [5.74, 6) is 0.869. The van der Waals surface area contributed by atoms with E-state index in [-0.39, 0.29) is 0 Å². The second-order valence-electron chi connectivity index (χ2n) is 2.95. The van der Waals surface area contributed by atoms with Crippen molar-refractivity contribution in [3.05, 3.63) is 11.6 Å². The van der Waals surface area contributed by atoms with Crippen LogP contribution in [0, 0.1) is 5.92 Å². The van der Waals surface area contributed by atoms with Crippen molar-refractivity contribution < 1.29 is 0 Å². The molecule has 0 spiro atoms. The molecule has 52 valence electrons. The molecule has 9 heavy (non-hydrogen) atoms. The molecule has 1 atom stereocenters. The van der Waals surface area contributed by atoms with E-state index in [4.69, 9.17) is 5.73 Å². The summed E-state index contributed by atoms with van der Waals surface area (Å²) in [6.45, 7) is 3.06. The Morgan fingerprint density at radius 3 is 3.00 bits per heavy atom.